The van der Waals surface area contributed by atoms with Crippen LogP contribution in [0.25, 0.3) is 16.5 Å². The second-order valence-corrected chi connectivity index (χ2v) is 16.0. The fraction of sp³-hybridized carbons (Fsp3) is 0.256. The Hall–Kier alpha value is -6.02. The lowest BCUT2D eigenvalue weighted by Crippen LogP contribution is -2.21. The standard InChI is InChI=1S/C39H39N7O6S/c1-39(2,3)33-22-35(46(45-33)25-10-15-36(51-5)41-23-25)44-38(47)42-31-13-14-32(30-9-7-6-8-29(30)31)52-37-16-17-40-34(43-37)20-24-18-26(50-4)21-28(19-24)53(48,49)27-11-12-27/h6-10,13-19,21-23,27H,11-12,20H2,1-5H3,(H2,42,44,47). The second-order valence-electron chi connectivity index (χ2n) is 13.7. The van der Waals surface area contributed by atoms with Gasteiger partial charge >= 0.3 is 6.03 Å². The summed E-state index contributed by atoms with van der Waals surface area (Å²) >= 11 is 0. The number of benzene rings is 3. The topological polar surface area (TPSA) is 159 Å². The first-order chi connectivity index (χ1) is 25.4. The predicted octanol–water partition coefficient (Wildman–Crippen LogP) is 7.49. The van der Waals surface area contributed by atoms with Crippen LogP contribution in [-0.4, -0.2) is 58.7 Å². The summed E-state index contributed by atoms with van der Waals surface area (Å²) in [6.07, 6.45) is 4.84. The second kappa shape index (κ2) is 14.2. The number of nitrogens with one attached hydrogen (secondary N) is 2. The molecule has 1 fully saturated rings. The van der Waals surface area contributed by atoms with Crippen LogP contribution in [0.3, 0.4) is 0 Å². The van der Waals surface area contributed by atoms with Crippen LogP contribution < -0.4 is 24.8 Å². The van der Waals surface area contributed by atoms with Gasteiger partial charge < -0.3 is 19.5 Å². The highest BCUT2D eigenvalue weighted by atomic mass is 32.2. The summed E-state index contributed by atoms with van der Waals surface area (Å²) in [5.41, 5.74) is 2.45. The molecule has 2 N–H and O–H groups in total. The van der Waals surface area contributed by atoms with Crippen molar-refractivity contribution in [1.29, 1.82) is 0 Å². The molecule has 0 atom stereocenters. The minimum atomic E-state index is -3.42. The number of amides is 2. The van der Waals surface area contributed by atoms with Crippen LogP contribution in [0, 0.1) is 0 Å². The third-order valence-electron chi connectivity index (χ3n) is 8.75. The van der Waals surface area contributed by atoms with Crippen molar-refractivity contribution in [3.8, 4) is 28.9 Å². The van der Waals surface area contributed by atoms with Crippen molar-refractivity contribution in [2.75, 3.05) is 24.9 Å². The van der Waals surface area contributed by atoms with Crippen molar-refractivity contribution >= 4 is 38.1 Å². The largest absolute Gasteiger partial charge is 0.497 e. The number of sulfone groups is 1. The summed E-state index contributed by atoms with van der Waals surface area (Å²) in [6.45, 7) is 6.15. The minimum absolute atomic E-state index is 0.241. The van der Waals surface area contributed by atoms with E-state index < -0.39 is 15.9 Å². The summed E-state index contributed by atoms with van der Waals surface area (Å²) in [7, 11) is -0.358. The number of pyridine rings is 1. The number of fused-ring (bicyclic) bond motifs is 1. The Balaban J connectivity index is 1.11. The van der Waals surface area contributed by atoms with Crippen LogP contribution in [0.2, 0.25) is 0 Å². The van der Waals surface area contributed by atoms with Gasteiger partial charge in [0.2, 0.25) is 11.8 Å². The number of carbonyl (C=O) groups excluding carboxylic acids is 1. The number of methoxy groups -OCH3 is 2. The number of hydrogen-bond donors (Lipinski definition) is 2. The van der Waals surface area contributed by atoms with Crippen molar-refractivity contribution in [3.63, 3.8) is 0 Å². The van der Waals surface area contributed by atoms with Crippen molar-refractivity contribution in [3.05, 3.63) is 108 Å². The SMILES string of the molecule is COc1cc(Cc2nccc(Oc3ccc(NC(=O)Nc4cc(C(C)(C)C)nn4-c4ccc(OC)nc4)c4ccccc34)n2)cc(S(=O)(=O)C2CC2)c1. The average Bonchev–Trinajstić information content (AvgIpc) is 3.93. The van der Waals surface area contributed by atoms with Crippen molar-refractivity contribution < 1.29 is 27.4 Å². The molecule has 0 aliphatic heterocycles. The van der Waals surface area contributed by atoms with E-state index in [0.29, 0.717) is 64.7 Å². The molecule has 1 aliphatic rings. The van der Waals surface area contributed by atoms with Crippen molar-refractivity contribution in [2.45, 2.75) is 55.6 Å². The Bertz CT molecular complexity index is 2420. The lowest BCUT2D eigenvalue weighted by atomic mass is 9.92. The van der Waals surface area contributed by atoms with E-state index >= 15 is 0 Å². The summed E-state index contributed by atoms with van der Waals surface area (Å²) in [5.74, 6) is 2.67. The summed E-state index contributed by atoms with van der Waals surface area (Å²) in [5, 5.41) is 11.9. The van der Waals surface area contributed by atoms with E-state index in [9.17, 15) is 13.2 Å². The summed E-state index contributed by atoms with van der Waals surface area (Å²) in [6, 6.07) is 22.7. The van der Waals surface area contributed by atoms with Gasteiger partial charge in [0.1, 0.15) is 23.1 Å². The maximum Gasteiger partial charge on any atom is 0.324 e. The minimum Gasteiger partial charge on any atom is -0.497 e. The summed E-state index contributed by atoms with van der Waals surface area (Å²) < 4.78 is 44.5. The van der Waals surface area contributed by atoms with E-state index in [2.05, 4.69) is 25.6 Å². The van der Waals surface area contributed by atoms with Gasteiger partial charge in [-0.1, -0.05) is 45.0 Å². The lowest BCUT2D eigenvalue weighted by Gasteiger charge is -2.14. The third-order valence-corrected chi connectivity index (χ3v) is 11.0. The smallest absolute Gasteiger partial charge is 0.324 e. The number of carbonyl (C=O) groups is 1. The van der Waals surface area contributed by atoms with Gasteiger partial charge in [-0.25, -0.2) is 27.9 Å². The molecule has 2 amide bonds. The van der Waals surface area contributed by atoms with E-state index in [1.807, 2.05) is 57.2 Å². The van der Waals surface area contributed by atoms with Crippen LogP contribution >= 0.6 is 0 Å². The molecule has 0 unspecified atom stereocenters. The molecule has 0 spiro atoms. The highest BCUT2D eigenvalue weighted by molar-refractivity contribution is 7.92. The van der Waals surface area contributed by atoms with Crippen LogP contribution in [-0.2, 0) is 21.7 Å². The van der Waals surface area contributed by atoms with Gasteiger partial charge in [-0.2, -0.15) is 10.1 Å². The number of hydrogen-bond acceptors (Lipinski definition) is 10. The molecule has 7 rings (SSSR count). The maximum atomic E-state index is 13.5. The molecule has 3 heterocycles. The number of nitrogens with zero attached hydrogens (tertiary/aromatic N) is 5. The number of ether oxygens (including phenoxy) is 3. The fourth-order valence-electron chi connectivity index (χ4n) is 5.79. The van der Waals surface area contributed by atoms with Gasteiger partial charge in [0.05, 0.1) is 47.6 Å². The van der Waals surface area contributed by atoms with Gasteiger partial charge in [0.25, 0.3) is 0 Å². The van der Waals surface area contributed by atoms with Crippen molar-refractivity contribution in [1.82, 2.24) is 24.7 Å². The van der Waals surface area contributed by atoms with Gasteiger partial charge in [0.15, 0.2) is 9.84 Å². The Kier molecular flexibility index (Phi) is 9.47. The normalized spacial score (nSPS) is 13.1. The molecule has 272 valence electrons. The fourth-order valence-corrected chi connectivity index (χ4v) is 7.53. The first-order valence-corrected chi connectivity index (χ1v) is 18.6. The summed E-state index contributed by atoms with van der Waals surface area (Å²) in [4.78, 5) is 27.1. The van der Waals surface area contributed by atoms with E-state index in [4.69, 9.17) is 19.3 Å². The zero-order valence-electron chi connectivity index (χ0n) is 30.0. The van der Waals surface area contributed by atoms with E-state index in [1.165, 1.54) is 7.11 Å². The molecule has 3 aromatic carbocycles. The monoisotopic (exact) mass is 733 g/mol. The average molecular weight is 734 g/mol. The molecule has 53 heavy (non-hydrogen) atoms. The molecule has 6 aromatic rings. The van der Waals surface area contributed by atoms with Crippen molar-refractivity contribution in [2.24, 2.45) is 0 Å². The Morgan fingerprint density at radius 2 is 1.68 bits per heavy atom. The van der Waals surface area contributed by atoms with Crippen LogP contribution in [0.1, 0.15) is 50.7 Å². The van der Waals surface area contributed by atoms with Crippen LogP contribution in [0.5, 0.6) is 23.3 Å². The van der Waals surface area contributed by atoms with Gasteiger partial charge in [-0.3, -0.25) is 5.32 Å². The van der Waals surface area contributed by atoms with Gasteiger partial charge in [-0.05, 0) is 54.8 Å². The first-order valence-electron chi connectivity index (χ1n) is 17.0. The number of urea groups is 1. The zero-order chi connectivity index (χ0) is 37.3. The van der Waals surface area contributed by atoms with E-state index in [1.54, 1.807) is 66.6 Å². The van der Waals surface area contributed by atoms with Crippen LogP contribution in [0.15, 0.2) is 96.2 Å². The highest BCUT2D eigenvalue weighted by Crippen LogP contribution is 2.37. The molecule has 14 heteroatoms. The Morgan fingerprint density at radius 1 is 0.887 bits per heavy atom. The Morgan fingerprint density at radius 3 is 2.38 bits per heavy atom. The molecule has 3 aromatic heterocycles. The molecule has 0 radical (unpaired) electrons. The molecule has 0 saturated heterocycles. The Labute approximate surface area is 307 Å². The predicted molar refractivity (Wildman–Crippen MR) is 201 cm³/mol. The maximum absolute atomic E-state index is 13.5. The molecule has 13 nitrogen and oxygen atoms in total. The molecular formula is C39H39N7O6S. The van der Waals surface area contributed by atoms with Gasteiger partial charge in [-0.15, -0.1) is 0 Å². The number of rotatable bonds is 11. The molecular weight excluding hydrogens is 695 g/mol. The van der Waals surface area contributed by atoms with E-state index in [-0.39, 0.29) is 22.0 Å². The lowest BCUT2D eigenvalue weighted by molar-refractivity contribution is 0.262. The third kappa shape index (κ3) is 7.77. The van der Waals surface area contributed by atoms with Gasteiger partial charge in [0, 0.05) is 47.0 Å². The molecule has 0 bridgehead atoms. The van der Waals surface area contributed by atoms with E-state index in [0.717, 1.165) is 16.5 Å². The highest BCUT2D eigenvalue weighted by Gasteiger charge is 2.37. The zero-order valence-corrected chi connectivity index (χ0v) is 30.8. The van der Waals surface area contributed by atoms with Crippen LogP contribution in [0.4, 0.5) is 16.3 Å². The molecule has 1 saturated carbocycles. The quantitative estimate of drug-likeness (QED) is 0.137. The first kappa shape index (κ1) is 35.4. The number of aromatic nitrogens is 5. The molecule has 1 aliphatic carbocycles. The number of anilines is 2.